The highest BCUT2D eigenvalue weighted by Crippen LogP contribution is 2.10. The van der Waals surface area contributed by atoms with Crippen molar-refractivity contribution in [1.82, 2.24) is 0 Å². The van der Waals surface area contributed by atoms with Crippen molar-refractivity contribution in [3.05, 3.63) is 40.1 Å². The van der Waals surface area contributed by atoms with Crippen molar-refractivity contribution in [2.75, 3.05) is 0 Å². The molecule has 1 aromatic carbocycles. The molecule has 2 nitrogen and oxygen atoms in total. The topological polar surface area (TPSA) is 29.4 Å². The van der Waals surface area contributed by atoms with Gasteiger partial charge in [0, 0.05) is 5.56 Å². The zero-order valence-electron chi connectivity index (χ0n) is 6.17. The summed E-state index contributed by atoms with van der Waals surface area (Å²) in [6.07, 6.45) is 0. The van der Waals surface area contributed by atoms with Crippen LogP contribution in [0.25, 0.3) is 0 Å². The van der Waals surface area contributed by atoms with Crippen molar-refractivity contribution in [2.24, 2.45) is 5.18 Å². The number of benzene rings is 1. The molecule has 0 fully saturated rings. The van der Waals surface area contributed by atoms with Crippen molar-refractivity contribution >= 4 is 0 Å². The lowest BCUT2D eigenvalue weighted by atomic mass is 10.1. The summed E-state index contributed by atoms with van der Waals surface area (Å²) in [5.74, 6) is -0.357. The van der Waals surface area contributed by atoms with E-state index < -0.39 is 0 Å². The van der Waals surface area contributed by atoms with E-state index in [4.69, 9.17) is 0 Å². The molecule has 0 bridgehead atoms. The Hall–Kier alpha value is -1.25. The molecule has 0 amide bonds. The number of hydrogen-bond donors (Lipinski definition) is 0. The van der Waals surface area contributed by atoms with E-state index in [-0.39, 0.29) is 12.4 Å². The Morgan fingerprint density at radius 2 is 2.27 bits per heavy atom. The van der Waals surface area contributed by atoms with Gasteiger partial charge in [0.25, 0.3) is 0 Å². The Morgan fingerprint density at radius 1 is 1.55 bits per heavy atom. The monoisotopic (exact) mass is 153 g/mol. The van der Waals surface area contributed by atoms with Gasteiger partial charge in [-0.15, -0.1) is 0 Å². The average Bonchev–Trinajstić information content (AvgIpc) is 1.95. The van der Waals surface area contributed by atoms with Crippen molar-refractivity contribution in [2.45, 2.75) is 13.5 Å². The molecule has 11 heavy (non-hydrogen) atoms. The first kappa shape index (κ1) is 7.85. The smallest absolute Gasteiger partial charge is 0.128 e. The summed E-state index contributed by atoms with van der Waals surface area (Å²) >= 11 is 0. The SMILES string of the molecule is Cc1ccc(CN=O)c(F)c1. The van der Waals surface area contributed by atoms with Crippen LogP contribution in [0.1, 0.15) is 11.1 Å². The molecule has 0 saturated carbocycles. The molecule has 0 heterocycles. The lowest BCUT2D eigenvalue weighted by Crippen LogP contribution is -1.87. The second-order valence-electron chi connectivity index (χ2n) is 2.38. The van der Waals surface area contributed by atoms with Gasteiger partial charge in [-0.25, -0.2) is 4.39 Å². The van der Waals surface area contributed by atoms with Gasteiger partial charge in [0.2, 0.25) is 0 Å². The van der Waals surface area contributed by atoms with E-state index in [1.54, 1.807) is 19.1 Å². The number of nitroso groups, excluding NO2 is 1. The minimum Gasteiger partial charge on any atom is -0.207 e. The maximum atomic E-state index is 12.8. The summed E-state index contributed by atoms with van der Waals surface area (Å²) in [5.41, 5.74) is 1.20. The zero-order chi connectivity index (χ0) is 8.27. The summed E-state index contributed by atoms with van der Waals surface area (Å²) in [5, 5.41) is 2.61. The van der Waals surface area contributed by atoms with Crippen LogP contribution in [0.4, 0.5) is 4.39 Å². The summed E-state index contributed by atoms with van der Waals surface area (Å²) < 4.78 is 12.8. The molecular formula is C8H8FNO. The lowest BCUT2D eigenvalue weighted by Gasteiger charge is -1.97. The maximum absolute atomic E-state index is 12.8. The largest absolute Gasteiger partial charge is 0.207 e. The summed E-state index contributed by atoms with van der Waals surface area (Å²) in [7, 11) is 0. The first-order valence-corrected chi connectivity index (χ1v) is 3.28. The highest BCUT2D eigenvalue weighted by atomic mass is 19.1. The van der Waals surface area contributed by atoms with Crippen LogP contribution in [0.5, 0.6) is 0 Å². The van der Waals surface area contributed by atoms with Crippen molar-refractivity contribution in [3.63, 3.8) is 0 Å². The molecule has 1 rings (SSSR count). The molecule has 1 aromatic rings. The third-order valence-electron chi connectivity index (χ3n) is 1.44. The maximum Gasteiger partial charge on any atom is 0.128 e. The Kier molecular flexibility index (Phi) is 2.31. The average molecular weight is 153 g/mol. The molecule has 0 saturated heterocycles. The summed E-state index contributed by atoms with van der Waals surface area (Å²) in [4.78, 5) is 9.79. The number of aryl methyl sites for hydroxylation is 1. The second kappa shape index (κ2) is 3.23. The van der Waals surface area contributed by atoms with E-state index in [9.17, 15) is 9.30 Å². The van der Waals surface area contributed by atoms with Crippen LogP contribution in [0.3, 0.4) is 0 Å². The fourth-order valence-corrected chi connectivity index (χ4v) is 0.850. The van der Waals surface area contributed by atoms with Gasteiger partial charge in [-0.2, -0.15) is 4.91 Å². The highest BCUT2D eigenvalue weighted by molar-refractivity contribution is 5.23. The van der Waals surface area contributed by atoms with Gasteiger partial charge < -0.3 is 0 Å². The first-order chi connectivity index (χ1) is 5.24. The van der Waals surface area contributed by atoms with Gasteiger partial charge in [0.15, 0.2) is 0 Å². The molecule has 0 aliphatic heterocycles. The summed E-state index contributed by atoms with van der Waals surface area (Å²) in [6, 6.07) is 4.72. The van der Waals surface area contributed by atoms with Crippen LogP contribution >= 0.6 is 0 Å². The van der Waals surface area contributed by atoms with Gasteiger partial charge in [-0.3, -0.25) is 0 Å². The molecule has 3 heteroatoms. The van der Waals surface area contributed by atoms with Crippen molar-refractivity contribution in [3.8, 4) is 0 Å². The minimum absolute atomic E-state index is 0.0912. The number of halogens is 1. The molecule has 0 aromatic heterocycles. The van der Waals surface area contributed by atoms with Gasteiger partial charge in [-0.05, 0) is 18.6 Å². The van der Waals surface area contributed by atoms with Crippen LogP contribution in [-0.4, -0.2) is 0 Å². The van der Waals surface area contributed by atoms with Gasteiger partial charge in [0.05, 0.1) is 0 Å². The fourth-order valence-electron chi connectivity index (χ4n) is 0.850. The van der Waals surface area contributed by atoms with Crippen LogP contribution in [0.15, 0.2) is 23.4 Å². The number of rotatable bonds is 2. The van der Waals surface area contributed by atoms with E-state index in [0.717, 1.165) is 5.56 Å². The van der Waals surface area contributed by atoms with Crippen LogP contribution in [0, 0.1) is 17.6 Å². The molecule has 0 radical (unpaired) electrons. The quantitative estimate of drug-likeness (QED) is 0.600. The van der Waals surface area contributed by atoms with Gasteiger partial charge in [-0.1, -0.05) is 17.3 Å². The highest BCUT2D eigenvalue weighted by Gasteiger charge is 2.00. The minimum atomic E-state index is -0.357. The van der Waals surface area contributed by atoms with E-state index in [1.165, 1.54) is 6.07 Å². The Labute approximate surface area is 64.0 Å². The Balaban J connectivity index is 2.98. The fraction of sp³-hybridized carbons (Fsp3) is 0.250. The van der Waals surface area contributed by atoms with Crippen LogP contribution in [-0.2, 0) is 6.54 Å². The second-order valence-corrected chi connectivity index (χ2v) is 2.38. The van der Waals surface area contributed by atoms with Crippen molar-refractivity contribution in [1.29, 1.82) is 0 Å². The molecule has 0 aliphatic carbocycles. The number of hydrogen-bond acceptors (Lipinski definition) is 2. The van der Waals surface area contributed by atoms with E-state index in [2.05, 4.69) is 5.18 Å². The third kappa shape index (κ3) is 1.83. The molecule has 0 spiro atoms. The third-order valence-corrected chi connectivity index (χ3v) is 1.44. The summed E-state index contributed by atoms with van der Waals surface area (Å²) in [6.45, 7) is 1.70. The Morgan fingerprint density at radius 3 is 2.82 bits per heavy atom. The molecule has 0 atom stereocenters. The van der Waals surface area contributed by atoms with E-state index in [0.29, 0.717) is 5.56 Å². The lowest BCUT2D eigenvalue weighted by molar-refractivity contribution is 0.609. The van der Waals surface area contributed by atoms with Crippen LogP contribution in [0.2, 0.25) is 0 Å². The first-order valence-electron chi connectivity index (χ1n) is 3.28. The van der Waals surface area contributed by atoms with E-state index >= 15 is 0 Å². The molecule has 0 N–H and O–H groups in total. The molecular weight excluding hydrogens is 145 g/mol. The molecule has 0 unspecified atom stereocenters. The standard InChI is InChI=1S/C8H8FNO/c1-6-2-3-7(5-10-11)8(9)4-6/h2-4H,5H2,1H3. The van der Waals surface area contributed by atoms with Crippen LogP contribution < -0.4 is 0 Å². The van der Waals surface area contributed by atoms with Crippen molar-refractivity contribution < 1.29 is 4.39 Å². The van der Waals surface area contributed by atoms with Gasteiger partial charge >= 0.3 is 0 Å². The molecule has 58 valence electrons. The number of nitrogens with zero attached hydrogens (tertiary/aromatic N) is 1. The zero-order valence-corrected chi connectivity index (χ0v) is 6.17. The molecule has 0 aliphatic rings. The Bertz CT molecular complexity index is 273. The van der Waals surface area contributed by atoms with Gasteiger partial charge in [0.1, 0.15) is 12.4 Å². The predicted octanol–water partition coefficient (Wildman–Crippen LogP) is 2.40. The van der Waals surface area contributed by atoms with E-state index in [1.807, 2.05) is 0 Å². The predicted molar refractivity (Wildman–Crippen MR) is 40.6 cm³/mol. The normalized spacial score (nSPS) is 9.64.